The molecule has 0 spiro atoms. The molecule has 0 radical (unpaired) electrons. The maximum absolute atomic E-state index is 12.8. The smallest absolute Gasteiger partial charge is 0.241 e. The number of hydrogen-bond acceptors (Lipinski definition) is 2. The van der Waals surface area contributed by atoms with Crippen LogP contribution in [0, 0.1) is 17.8 Å². The van der Waals surface area contributed by atoms with E-state index in [-0.39, 0.29) is 6.04 Å². The summed E-state index contributed by atoms with van der Waals surface area (Å²) in [4.78, 5) is 15.1. The Balaban J connectivity index is 1.80. The number of nitrogens with zero attached hydrogens (tertiary/aromatic N) is 1. The lowest BCUT2D eigenvalue weighted by Gasteiger charge is -2.33. The zero-order chi connectivity index (χ0) is 13.6. The Kier molecular flexibility index (Phi) is 3.59. The predicted molar refractivity (Wildman–Crippen MR) is 76.5 cm³/mol. The molecule has 3 heteroatoms. The first-order valence-corrected chi connectivity index (χ1v) is 8.21. The molecule has 0 aromatic carbocycles. The van der Waals surface area contributed by atoms with Gasteiger partial charge in [0.05, 0.1) is 12.2 Å². The molecule has 2 aliphatic carbocycles. The Labute approximate surface area is 117 Å². The summed E-state index contributed by atoms with van der Waals surface area (Å²) in [7, 11) is 0. The minimum Gasteiger partial charge on any atom is -0.322 e. The summed E-state index contributed by atoms with van der Waals surface area (Å²) in [6.07, 6.45) is 7.92. The summed E-state index contributed by atoms with van der Waals surface area (Å²) in [5, 5.41) is 3.61. The molecule has 0 aromatic rings. The van der Waals surface area contributed by atoms with E-state index in [1.165, 1.54) is 25.7 Å². The lowest BCUT2D eigenvalue weighted by molar-refractivity contribution is -0.134. The van der Waals surface area contributed by atoms with Gasteiger partial charge in [-0.3, -0.25) is 10.1 Å². The average Bonchev–Trinajstić information content (AvgIpc) is 3.24. The molecule has 3 nitrogen and oxygen atoms in total. The van der Waals surface area contributed by atoms with E-state index < -0.39 is 0 Å². The van der Waals surface area contributed by atoms with Crippen molar-refractivity contribution in [2.75, 3.05) is 0 Å². The van der Waals surface area contributed by atoms with Crippen LogP contribution in [0.2, 0.25) is 0 Å². The van der Waals surface area contributed by atoms with Gasteiger partial charge in [0.1, 0.15) is 0 Å². The van der Waals surface area contributed by atoms with Crippen LogP contribution in [0.5, 0.6) is 0 Å². The SMILES string of the molecule is CCCC1NC(C(C)C)C(=O)N1C(C1CC1)C1CC1. The van der Waals surface area contributed by atoms with Gasteiger partial charge >= 0.3 is 0 Å². The number of amides is 1. The van der Waals surface area contributed by atoms with Gasteiger partial charge in [-0.2, -0.15) is 0 Å². The van der Waals surface area contributed by atoms with Crippen LogP contribution in [0.15, 0.2) is 0 Å². The minimum absolute atomic E-state index is 0.0524. The summed E-state index contributed by atoms with van der Waals surface area (Å²) in [5.41, 5.74) is 0. The lowest BCUT2D eigenvalue weighted by Crippen LogP contribution is -2.47. The molecule has 2 unspecified atom stereocenters. The monoisotopic (exact) mass is 264 g/mol. The molecule has 1 N–H and O–H groups in total. The zero-order valence-corrected chi connectivity index (χ0v) is 12.6. The van der Waals surface area contributed by atoms with Crippen LogP contribution >= 0.6 is 0 Å². The summed E-state index contributed by atoms with van der Waals surface area (Å²) in [6, 6.07) is 0.608. The first-order valence-electron chi connectivity index (χ1n) is 8.21. The fraction of sp³-hybridized carbons (Fsp3) is 0.938. The number of carbonyl (C=O) groups is 1. The Morgan fingerprint density at radius 1 is 1.21 bits per heavy atom. The van der Waals surface area contributed by atoms with E-state index in [4.69, 9.17) is 0 Å². The normalized spacial score (nSPS) is 31.8. The van der Waals surface area contributed by atoms with Gasteiger partial charge in [-0.1, -0.05) is 27.2 Å². The van der Waals surface area contributed by atoms with E-state index in [9.17, 15) is 4.79 Å². The Morgan fingerprint density at radius 3 is 2.21 bits per heavy atom. The molecular formula is C16H28N2O. The second-order valence-corrected chi connectivity index (χ2v) is 7.10. The minimum atomic E-state index is 0.0524. The van der Waals surface area contributed by atoms with Gasteiger partial charge < -0.3 is 4.90 Å². The largest absolute Gasteiger partial charge is 0.322 e. The van der Waals surface area contributed by atoms with Crippen LogP contribution < -0.4 is 5.32 Å². The predicted octanol–water partition coefficient (Wildman–Crippen LogP) is 2.76. The summed E-state index contributed by atoms with van der Waals surface area (Å²) in [5.74, 6) is 2.40. The molecule has 19 heavy (non-hydrogen) atoms. The van der Waals surface area contributed by atoms with E-state index in [0.717, 1.165) is 24.7 Å². The van der Waals surface area contributed by atoms with Crippen molar-refractivity contribution in [2.24, 2.45) is 17.8 Å². The highest BCUT2D eigenvalue weighted by atomic mass is 16.2. The van der Waals surface area contributed by atoms with Crippen LogP contribution in [-0.2, 0) is 4.79 Å². The van der Waals surface area contributed by atoms with Crippen molar-refractivity contribution in [3.8, 4) is 0 Å². The quantitative estimate of drug-likeness (QED) is 0.800. The van der Waals surface area contributed by atoms with Crippen LogP contribution in [0.1, 0.15) is 59.3 Å². The third kappa shape index (κ3) is 2.54. The highest BCUT2D eigenvalue weighted by Crippen LogP contribution is 2.48. The van der Waals surface area contributed by atoms with Crippen molar-refractivity contribution in [1.29, 1.82) is 0 Å². The Bertz CT molecular complexity index is 335. The maximum atomic E-state index is 12.8. The average molecular weight is 264 g/mol. The van der Waals surface area contributed by atoms with Crippen LogP contribution in [-0.4, -0.2) is 29.1 Å². The van der Waals surface area contributed by atoms with Crippen molar-refractivity contribution in [3.05, 3.63) is 0 Å². The number of hydrogen-bond donors (Lipinski definition) is 1. The van der Waals surface area contributed by atoms with Crippen molar-refractivity contribution < 1.29 is 4.79 Å². The van der Waals surface area contributed by atoms with Crippen molar-refractivity contribution in [1.82, 2.24) is 10.2 Å². The molecule has 0 aromatic heterocycles. The molecule has 1 heterocycles. The van der Waals surface area contributed by atoms with E-state index >= 15 is 0 Å². The van der Waals surface area contributed by atoms with Gasteiger partial charge in [0.15, 0.2) is 0 Å². The first kappa shape index (κ1) is 13.4. The molecule has 1 saturated heterocycles. The first-order chi connectivity index (χ1) is 9.13. The molecule has 0 bridgehead atoms. The fourth-order valence-corrected chi connectivity index (χ4v) is 3.72. The van der Waals surface area contributed by atoms with E-state index in [2.05, 4.69) is 31.0 Å². The van der Waals surface area contributed by atoms with E-state index in [1.54, 1.807) is 0 Å². The molecular weight excluding hydrogens is 236 g/mol. The van der Waals surface area contributed by atoms with Crippen LogP contribution in [0.3, 0.4) is 0 Å². The second-order valence-electron chi connectivity index (χ2n) is 7.10. The molecule has 1 amide bonds. The van der Waals surface area contributed by atoms with Crippen LogP contribution in [0.25, 0.3) is 0 Å². The van der Waals surface area contributed by atoms with Gasteiger partial charge in [0.2, 0.25) is 5.91 Å². The molecule has 3 fully saturated rings. The highest BCUT2D eigenvalue weighted by Gasteiger charge is 2.52. The van der Waals surface area contributed by atoms with Crippen LogP contribution in [0.4, 0.5) is 0 Å². The van der Waals surface area contributed by atoms with Gasteiger partial charge in [0.25, 0.3) is 0 Å². The van der Waals surface area contributed by atoms with Crippen molar-refractivity contribution in [2.45, 2.75) is 77.5 Å². The number of carbonyl (C=O) groups excluding carboxylic acids is 1. The van der Waals surface area contributed by atoms with Crippen molar-refractivity contribution >= 4 is 5.91 Å². The molecule has 108 valence electrons. The van der Waals surface area contributed by atoms with Crippen molar-refractivity contribution in [3.63, 3.8) is 0 Å². The molecule has 2 atom stereocenters. The van der Waals surface area contributed by atoms with E-state index in [0.29, 0.717) is 24.0 Å². The number of nitrogens with one attached hydrogen (secondary N) is 1. The molecule has 3 rings (SSSR count). The third-order valence-corrected chi connectivity index (χ3v) is 4.99. The summed E-state index contributed by atoms with van der Waals surface area (Å²) < 4.78 is 0. The van der Waals surface area contributed by atoms with Gasteiger partial charge in [-0.25, -0.2) is 0 Å². The Morgan fingerprint density at radius 2 is 1.79 bits per heavy atom. The number of rotatable bonds is 6. The highest BCUT2D eigenvalue weighted by molar-refractivity contribution is 5.85. The van der Waals surface area contributed by atoms with Gasteiger partial charge in [-0.05, 0) is 49.9 Å². The maximum Gasteiger partial charge on any atom is 0.241 e. The Hall–Kier alpha value is -0.570. The molecule has 3 aliphatic rings. The standard InChI is InChI=1S/C16H28N2O/c1-4-5-13-17-14(10(2)3)16(19)18(13)15(11-6-7-11)12-8-9-12/h10-15,17H,4-9H2,1-3H3. The second kappa shape index (κ2) is 5.08. The summed E-state index contributed by atoms with van der Waals surface area (Å²) >= 11 is 0. The van der Waals surface area contributed by atoms with Gasteiger partial charge in [-0.15, -0.1) is 0 Å². The topological polar surface area (TPSA) is 32.3 Å². The van der Waals surface area contributed by atoms with E-state index in [1.807, 2.05) is 0 Å². The zero-order valence-electron chi connectivity index (χ0n) is 12.6. The molecule has 2 saturated carbocycles. The third-order valence-electron chi connectivity index (χ3n) is 4.99. The molecule has 1 aliphatic heterocycles. The fourth-order valence-electron chi connectivity index (χ4n) is 3.72. The van der Waals surface area contributed by atoms with Gasteiger partial charge in [0, 0.05) is 6.04 Å². The lowest BCUT2D eigenvalue weighted by atomic mass is 10.0. The summed E-state index contributed by atoms with van der Waals surface area (Å²) in [6.45, 7) is 6.53.